The number of guanidine groups is 1. The second-order valence-corrected chi connectivity index (χ2v) is 6.81. The molecule has 128 valence electrons. The van der Waals surface area contributed by atoms with Crippen molar-refractivity contribution in [3.05, 3.63) is 0 Å². The van der Waals surface area contributed by atoms with Gasteiger partial charge in [0.15, 0.2) is 5.96 Å². The lowest BCUT2D eigenvalue weighted by atomic mass is 10.1. The van der Waals surface area contributed by atoms with Crippen molar-refractivity contribution in [1.82, 2.24) is 10.0 Å². The summed E-state index contributed by atoms with van der Waals surface area (Å²) in [6.07, 6.45) is 9.30. The fourth-order valence-corrected chi connectivity index (χ4v) is 2.23. The van der Waals surface area contributed by atoms with E-state index in [0.717, 1.165) is 19.2 Å². The van der Waals surface area contributed by atoms with E-state index in [4.69, 9.17) is 5.73 Å². The Morgan fingerprint density at radius 2 is 1.67 bits per heavy atom. The minimum Gasteiger partial charge on any atom is -0.370 e. The van der Waals surface area contributed by atoms with Gasteiger partial charge in [-0.2, -0.15) is 0 Å². The van der Waals surface area contributed by atoms with Gasteiger partial charge in [-0.05, 0) is 12.8 Å². The van der Waals surface area contributed by atoms with Gasteiger partial charge in [0.2, 0.25) is 10.0 Å². The second-order valence-electron chi connectivity index (χ2n) is 4.98. The van der Waals surface area contributed by atoms with Crippen molar-refractivity contribution in [2.45, 2.75) is 51.9 Å². The van der Waals surface area contributed by atoms with Gasteiger partial charge in [-0.3, -0.25) is 4.99 Å². The summed E-state index contributed by atoms with van der Waals surface area (Å²) >= 11 is 0. The summed E-state index contributed by atoms with van der Waals surface area (Å²) < 4.78 is 24.0. The lowest BCUT2D eigenvalue weighted by Gasteiger charge is -2.05. The maximum absolute atomic E-state index is 10.8. The highest BCUT2D eigenvalue weighted by atomic mass is 127. The van der Waals surface area contributed by atoms with Crippen LogP contribution >= 0.6 is 24.0 Å². The molecule has 0 amide bonds. The van der Waals surface area contributed by atoms with Crippen LogP contribution in [0.1, 0.15) is 51.9 Å². The number of sulfonamides is 1. The average Bonchev–Trinajstić information content (AvgIpc) is 2.36. The third kappa shape index (κ3) is 19.9. The molecule has 0 aliphatic heterocycles. The maximum Gasteiger partial charge on any atom is 0.208 e. The van der Waals surface area contributed by atoms with E-state index in [2.05, 4.69) is 22.0 Å². The third-order valence-electron chi connectivity index (χ3n) is 2.82. The Kier molecular flexibility index (Phi) is 16.4. The molecule has 0 aliphatic rings. The summed E-state index contributed by atoms with van der Waals surface area (Å²) in [6.45, 7) is 3.98. The van der Waals surface area contributed by atoms with Crippen LogP contribution in [0.15, 0.2) is 4.99 Å². The van der Waals surface area contributed by atoms with E-state index in [1.54, 1.807) is 0 Å². The molecule has 21 heavy (non-hydrogen) atoms. The zero-order valence-electron chi connectivity index (χ0n) is 13.2. The molecule has 0 aliphatic carbocycles. The first-order valence-corrected chi connectivity index (χ1v) is 9.33. The van der Waals surface area contributed by atoms with Crippen molar-refractivity contribution in [1.29, 1.82) is 0 Å². The molecular weight excluding hydrogens is 403 g/mol. The van der Waals surface area contributed by atoms with Gasteiger partial charge in [0, 0.05) is 19.6 Å². The Morgan fingerprint density at radius 1 is 1.05 bits per heavy atom. The number of nitrogens with one attached hydrogen (secondary N) is 2. The summed E-state index contributed by atoms with van der Waals surface area (Å²) in [7, 11) is -3.10. The molecule has 0 heterocycles. The molecule has 0 radical (unpaired) electrons. The van der Waals surface area contributed by atoms with Gasteiger partial charge in [0.25, 0.3) is 0 Å². The van der Waals surface area contributed by atoms with Crippen LogP contribution in [0.5, 0.6) is 0 Å². The molecule has 0 unspecified atom stereocenters. The fourth-order valence-electron chi connectivity index (χ4n) is 1.71. The Balaban J connectivity index is 0. The van der Waals surface area contributed by atoms with Gasteiger partial charge >= 0.3 is 0 Å². The number of aliphatic imine (C=N–C) groups is 1. The van der Waals surface area contributed by atoms with Crippen molar-refractivity contribution in [3.8, 4) is 0 Å². The Bertz CT molecular complexity index is 361. The molecule has 0 saturated heterocycles. The number of hydrogen-bond acceptors (Lipinski definition) is 3. The fraction of sp³-hybridized carbons (Fsp3) is 0.923. The summed E-state index contributed by atoms with van der Waals surface area (Å²) in [6, 6.07) is 0. The minimum absolute atomic E-state index is 0. The molecule has 0 aromatic rings. The second kappa shape index (κ2) is 14.8. The Labute approximate surface area is 146 Å². The number of nitrogens with two attached hydrogens (primary N) is 1. The Hall–Kier alpha value is -0.0900. The lowest BCUT2D eigenvalue weighted by Crippen LogP contribution is -2.32. The van der Waals surface area contributed by atoms with Crippen LogP contribution < -0.4 is 15.8 Å². The van der Waals surface area contributed by atoms with E-state index in [-0.39, 0.29) is 24.0 Å². The normalized spacial score (nSPS) is 12.0. The highest BCUT2D eigenvalue weighted by molar-refractivity contribution is 14.0. The number of rotatable bonds is 12. The molecule has 0 spiro atoms. The molecule has 0 rings (SSSR count). The quantitative estimate of drug-likeness (QED) is 0.189. The summed E-state index contributed by atoms with van der Waals surface area (Å²) in [5.74, 6) is 0.443. The molecule has 4 N–H and O–H groups in total. The van der Waals surface area contributed by atoms with Gasteiger partial charge in [-0.25, -0.2) is 13.1 Å². The average molecular weight is 434 g/mol. The summed E-state index contributed by atoms with van der Waals surface area (Å²) in [5, 5.41) is 3.07. The van der Waals surface area contributed by atoms with Crippen LogP contribution in [0.3, 0.4) is 0 Å². The van der Waals surface area contributed by atoms with Crippen LogP contribution in [0.2, 0.25) is 0 Å². The molecule has 0 fully saturated rings. The zero-order valence-corrected chi connectivity index (χ0v) is 16.4. The van der Waals surface area contributed by atoms with E-state index in [1.165, 1.54) is 32.1 Å². The maximum atomic E-state index is 10.8. The van der Waals surface area contributed by atoms with E-state index in [1.807, 2.05) is 0 Å². The van der Waals surface area contributed by atoms with E-state index < -0.39 is 10.0 Å². The first-order chi connectivity index (χ1) is 9.45. The molecule has 0 aromatic heterocycles. The number of nitrogens with zero attached hydrogens (tertiary/aromatic N) is 1. The van der Waals surface area contributed by atoms with Gasteiger partial charge < -0.3 is 11.1 Å². The van der Waals surface area contributed by atoms with Crippen LogP contribution in [0.4, 0.5) is 0 Å². The van der Waals surface area contributed by atoms with Crippen molar-refractivity contribution < 1.29 is 8.42 Å². The molecular formula is C13H31IN4O2S. The van der Waals surface area contributed by atoms with Crippen molar-refractivity contribution in [3.63, 3.8) is 0 Å². The molecule has 6 nitrogen and oxygen atoms in total. The first kappa shape index (κ1) is 23.2. The van der Waals surface area contributed by atoms with Crippen LogP contribution in [-0.2, 0) is 10.0 Å². The van der Waals surface area contributed by atoms with Crippen molar-refractivity contribution >= 4 is 40.0 Å². The highest BCUT2D eigenvalue weighted by Gasteiger charge is 1.98. The minimum atomic E-state index is -3.10. The van der Waals surface area contributed by atoms with Gasteiger partial charge in [0.05, 0.1) is 6.26 Å². The van der Waals surface area contributed by atoms with Crippen LogP contribution in [0, 0.1) is 0 Å². The SMILES string of the molecule is CCCCCCCCNC(N)=NCCCNS(C)(=O)=O.I. The smallest absolute Gasteiger partial charge is 0.208 e. The molecule has 0 saturated carbocycles. The van der Waals surface area contributed by atoms with Crippen molar-refractivity contribution in [2.24, 2.45) is 10.7 Å². The number of halogens is 1. The standard InChI is InChI=1S/C13H30N4O2S.HI/c1-3-4-5-6-7-8-10-15-13(14)16-11-9-12-17-20(2,18)19;/h17H,3-12H2,1-2H3,(H3,14,15,16);1H. The monoisotopic (exact) mass is 434 g/mol. The van der Waals surface area contributed by atoms with Crippen molar-refractivity contribution in [2.75, 3.05) is 25.9 Å². The number of unbranched alkanes of at least 4 members (excludes halogenated alkanes) is 5. The van der Waals surface area contributed by atoms with Crippen LogP contribution in [0.25, 0.3) is 0 Å². The topological polar surface area (TPSA) is 96.6 Å². The van der Waals surface area contributed by atoms with Gasteiger partial charge in [-0.15, -0.1) is 24.0 Å². The molecule has 0 bridgehead atoms. The molecule has 8 heteroatoms. The third-order valence-corrected chi connectivity index (χ3v) is 3.55. The lowest BCUT2D eigenvalue weighted by molar-refractivity contribution is 0.585. The van der Waals surface area contributed by atoms with E-state index >= 15 is 0 Å². The predicted octanol–water partition coefficient (Wildman–Crippen LogP) is 1.81. The van der Waals surface area contributed by atoms with E-state index in [9.17, 15) is 8.42 Å². The summed E-state index contributed by atoms with van der Waals surface area (Å²) in [4.78, 5) is 4.14. The number of hydrogen-bond donors (Lipinski definition) is 3. The summed E-state index contributed by atoms with van der Waals surface area (Å²) in [5.41, 5.74) is 5.70. The largest absolute Gasteiger partial charge is 0.370 e. The van der Waals surface area contributed by atoms with Gasteiger partial charge in [-0.1, -0.05) is 39.0 Å². The van der Waals surface area contributed by atoms with Gasteiger partial charge in [0.1, 0.15) is 0 Å². The Morgan fingerprint density at radius 3 is 2.29 bits per heavy atom. The predicted molar refractivity (Wildman–Crippen MR) is 101 cm³/mol. The highest BCUT2D eigenvalue weighted by Crippen LogP contribution is 2.03. The first-order valence-electron chi connectivity index (χ1n) is 7.44. The molecule has 0 atom stereocenters. The molecule has 0 aromatic carbocycles. The zero-order chi connectivity index (χ0) is 15.3. The van der Waals surface area contributed by atoms with E-state index in [0.29, 0.717) is 25.5 Å². The van der Waals surface area contributed by atoms with Crippen LogP contribution in [-0.4, -0.2) is 40.3 Å².